The van der Waals surface area contributed by atoms with E-state index in [0.717, 1.165) is 31.9 Å². The monoisotopic (exact) mass is 287 g/mol. The molecule has 3 nitrogen and oxygen atoms in total. The molecule has 0 saturated carbocycles. The minimum atomic E-state index is 0.302. The predicted octanol–water partition coefficient (Wildman–Crippen LogP) is 2.75. The minimum absolute atomic E-state index is 0.302. The zero-order valence-electron chi connectivity index (χ0n) is 12.1. The van der Waals surface area contributed by atoms with Gasteiger partial charge in [-0.3, -0.25) is 4.90 Å². The zero-order valence-corrected chi connectivity index (χ0v) is 12.9. The van der Waals surface area contributed by atoms with Crippen molar-refractivity contribution in [3.63, 3.8) is 0 Å². The van der Waals surface area contributed by atoms with E-state index in [1.165, 1.54) is 16.1 Å². The van der Waals surface area contributed by atoms with E-state index in [1.807, 2.05) is 0 Å². The fourth-order valence-electron chi connectivity index (χ4n) is 2.79. The van der Waals surface area contributed by atoms with Crippen LogP contribution in [0, 0.1) is 13.8 Å². The molecular weight excluding hydrogens is 266 g/mol. The van der Waals surface area contributed by atoms with E-state index in [-0.39, 0.29) is 0 Å². The molecule has 1 aliphatic rings. The molecule has 4 heteroatoms. The third kappa shape index (κ3) is 2.92. The zero-order chi connectivity index (χ0) is 13.9. The second-order valence-corrected chi connectivity index (χ2v) is 6.32. The van der Waals surface area contributed by atoms with Crippen molar-refractivity contribution in [2.24, 2.45) is 0 Å². The molecule has 0 amide bonds. The third-order valence-corrected chi connectivity index (χ3v) is 4.76. The summed E-state index contributed by atoms with van der Waals surface area (Å²) in [6, 6.07) is 9.14. The Morgan fingerprint density at radius 1 is 1.25 bits per heavy atom. The molecule has 3 rings (SSSR count). The van der Waals surface area contributed by atoms with Crippen LogP contribution in [-0.2, 0) is 0 Å². The van der Waals surface area contributed by atoms with Gasteiger partial charge < -0.3 is 5.32 Å². The third-order valence-electron chi connectivity index (χ3n) is 3.75. The summed E-state index contributed by atoms with van der Waals surface area (Å²) < 4.78 is 0. The lowest BCUT2D eigenvalue weighted by Gasteiger charge is -2.34. The van der Waals surface area contributed by atoms with Crippen molar-refractivity contribution in [2.45, 2.75) is 19.9 Å². The fraction of sp³-hybridized carbons (Fsp3) is 0.438. The maximum atomic E-state index is 4.75. The van der Waals surface area contributed by atoms with Gasteiger partial charge in [0.05, 0.1) is 6.04 Å². The molecule has 0 bridgehead atoms. The van der Waals surface area contributed by atoms with Gasteiger partial charge in [-0.2, -0.15) is 0 Å². The maximum Gasteiger partial charge on any atom is 0.115 e. The van der Waals surface area contributed by atoms with Crippen LogP contribution in [0.25, 0.3) is 0 Å². The summed E-state index contributed by atoms with van der Waals surface area (Å²) >= 11 is 1.78. The van der Waals surface area contributed by atoms with Crippen LogP contribution in [0.3, 0.4) is 0 Å². The molecule has 0 radical (unpaired) electrons. The lowest BCUT2D eigenvalue weighted by molar-refractivity contribution is 0.198. The number of rotatable bonds is 3. The normalized spacial score (nSPS) is 18.1. The van der Waals surface area contributed by atoms with Gasteiger partial charge in [-0.1, -0.05) is 29.8 Å². The molecule has 0 spiro atoms. The predicted molar refractivity (Wildman–Crippen MR) is 84.3 cm³/mol. The van der Waals surface area contributed by atoms with E-state index in [4.69, 9.17) is 4.98 Å². The van der Waals surface area contributed by atoms with Crippen LogP contribution in [0.5, 0.6) is 0 Å². The second kappa shape index (κ2) is 6.04. The minimum Gasteiger partial charge on any atom is -0.314 e. The molecule has 1 atom stereocenters. The second-order valence-electron chi connectivity index (χ2n) is 5.43. The van der Waals surface area contributed by atoms with E-state index < -0.39 is 0 Å². The van der Waals surface area contributed by atoms with Gasteiger partial charge >= 0.3 is 0 Å². The van der Waals surface area contributed by atoms with Crippen LogP contribution in [0.1, 0.15) is 27.9 Å². The fourth-order valence-corrected chi connectivity index (χ4v) is 3.74. The molecule has 1 unspecified atom stereocenters. The van der Waals surface area contributed by atoms with Crippen molar-refractivity contribution in [3.05, 3.63) is 51.5 Å². The molecule has 2 aromatic rings. The Hall–Kier alpha value is -1.23. The highest BCUT2D eigenvalue weighted by atomic mass is 32.1. The molecule has 0 aliphatic carbocycles. The first-order chi connectivity index (χ1) is 9.74. The molecule has 1 aromatic heterocycles. The van der Waals surface area contributed by atoms with Crippen LogP contribution in [0.2, 0.25) is 0 Å². The largest absolute Gasteiger partial charge is 0.314 e. The highest BCUT2D eigenvalue weighted by Crippen LogP contribution is 2.31. The number of thiazole rings is 1. The molecular formula is C16H21N3S. The summed E-state index contributed by atoms with van der Waals surface area (Å²) in [5, 5.41) is 6.80. The Balaban J connectivity index is 1.98. The smallest absolute Gasteiger partial charge is 0.115 e. The topological polar surface area (TPSA) is 28.2 Å². The first kappa shape index (κ1) is 13.7. The van der Waals surface area contributed by atoms with Crippen LogP contribution in [0.15, 0.2) is 29.6 Å². The van der Waals surface area contributed by atoms with Crippen LogP contribution in [-0.4, -0.2) is 36.1 Å². The highest BCUT2D eigenvalue weighted by Gasteiger charge is 2.26. The Morgan fingerprint density at radius 3 is 2.70 bits per heavy atom. The Kier molecular flexibility index (Phi) is 4.15. The average Bonchev–Trinajstić information content (AvgIpc) is 2.87. The van der Waals surface area contributed by atoms with Gasteiger partial charge in [0.25, 0.3) is 0 Å². The van der Waals surface area contributed by atoms with Crippen molar-refractivity contribution in [3.8, 4) is 0 Å². The standard InChI is InChI=1S/C16H21N3S/c1-12-4-3-5-14(10-12)15(16-18-13(2)11-20-16)19-8-6-17-7-9-19/h3-5,10-11,15,17H,6-9H2,1-2H3. The Bertz CT molecular complexity index is 573. The van der Waals surface area contributed by atoms with E-state index in [0.29, 0.717) is 6.04 Å². The molecule has 1 saturated heterocycles. The molecule has 20 heavy (non-hydrogen) atoms. The molecule has 1 fully saturated rings. The molecule has 2 heterocycles. The van der Waals surface area contributed by atoms with Gasteiger partial charge in [0.15, 0.2) is 0 Å². The van der Waals surface area contributed by atoms with E-state index in [2.05, 4.69) is 53.7 Å². The summed E-state index contributed by atoms with van der Waals surface area (Å²) in [6.07, 6.45) is 0. The number of benzene rings is 1. The number of piperazine rings is 1. The van der Waals surface area contributed by atoms with Gasteiger partial charge in [0.1, 0.15) is 5.01 Å². The van der Waals surface area contributed by atoms with Crippen LogP contribution in [0.4, 0.5) is 0 Å². The number of aromatic nitrogens is 1. The van der Waals surface area contributed by atoms with E-state index in [9.17, 15) is 0 Å². The molecule has 1 aromatic carbocycles. The van der Waals surface area contributed by atoms with Gasteiger partial charge in [0.2, 0.25) is 0 Å². The summed E-state index contributed by atoms with van der Waals surface area (Å²) in [7, 11) is 0. The Morgan fingerprint density at radius 2 is 2.05 bits per heavy atom. The maximum absolute atomic E-state index is 4.75. The average molecular weight is 287 g/mol. The number of nitrogens with zero attached hydrogens (tertiary/aromatic N) is 2. The summed E-state index contributed by atoms with van der Waals surface area (Å²) in [5.74, 6) is 0. The quantitative estimate of drug-likeness (QED) is 0.941. The number of hydrogen-bond acceptors (Lipinski definition) is 4. The van der Waals surface area contributed by atoms with Gasteiger partial charge in [-0.15, -0.1) is 11.3 Å². The van der Waals surface area contributed by atoms with Crippen molar-refractivity contribution >= 4 is 11.3 Å². The highest BCUT2D eigenvalue weighted by molar-refractivity contribution is 7.09. The summed E-state index contributed by atoms with van der Waals surface area (Å²) in [5.41, 5.74) is 3.80. The van der Waals surface area contributed by atoms with Gasteiger partial charge in [0, 0.05) is 37.3 Å². The number of aryl methyl sites for hydroxylation is 2. The van der Waals surface area contributed by atoms with Crippen LogP contribution >= 0.6 is 11.3 Å². The van der Waals surface area contributed by atoms with E-state index >= 15 is 0 Å². The first-order valence-electron chi connectivity index (χ1n) is 7.17. The van der Waals surface area contributed by atoms with Crippen molar-refractivity contribution in [2.75, 3.05) is 26.2 Å². The molecule has 1 N–H and O–H groups in total. The number of hydrogen-bond donors (Lipinski definition) is 1. The summed E-state index contributed by atoms with van der Waals surface area (Å²) in [4.78, 5) is 7.29. The molecule has 106 valence electrons. The van der Waals surface area contributed by atoms with Gasteiger partial charge in [-0.25, -0.2) is 4.98 Å². The van der Waals surface area contributed by atoms with Crippen molar-refractivity contribution < 1.29 is 0 Å². The van der Waals surface area contributed by atoms with Crippen LogP contribution < -0.4 is 5.32 Å². The SMILES string of the molecule is Cc1cccc(C(c2nc(C)cs2)N2CCNCC2)c1. The van der Waals surface area contributed by atoms with Crippen molar-refractivity contribution in [1.82, 2.24) is 15.2 Å². The first-order valence-corrected chi connectivity index (χ1v) is 8.05. The van der Waals surface area contributed by atoms with Gasteiger partial charge in [-0.05, 0) is 19.4 Å². The Labute approximate surface area is 124 Å². The van der Waals surface area contributed by atoms with E-state index in [1.54, 1.807) is 11.3 Å². The van der Waals surface area contributed by atoms with Crippen molar-refractivity contribution in [1.29, 1.82) is 0 Å². The lowest BCUT2D eigenvalue weighted by atomic mass is 10.0. The summed E-state index contributed by atoms with van der Waals surface area (Å²) in [6.45, 7) is 8.52. The molecule has 1 aliphatic heterocycles. The number of nitrogens with one attached hydrogen (secondary N) is 1. The lowest BCUT2D eigenvalue weighted by Crippen LogP contribution is -2.45.